The summed E-state index contributed by atoms with van der Waals surface area (Å²) in [4.78, 5) is 0. The third-order valence-electron chi connectivity index (χ3n) is 3.89. The molecular weight excluding hydrogens is 134 g/mol. The first-order valence-electron chi connectivity index (χ1n) is 5.03. The van der Waals surface area contributed by atoms with Gasteiger partial charge >= 0.3 is 0 Å². The summed E-state index contributed by atoms with van der Waals surface area (Å²) in [6.45, 7) is 2.41. The van der Waals surface area contributed by atoms with Crippen LogP contribution < -0.4 is 5.73 Å². The summed E-state index contributed by atoms with van der Waals surface area (Å²) in [5.74, 6) is 2.79. The normalized spacial score (nSPS) is 50.7. The van der Waals surface area contributed by atoms with E-state index in [0.717, 1.165) is 17.8 Å². The van der Waals surface area contributed by atoms with Gasteiger partial charge in [-0.1, -0.05) is 13.3 Å². The van der Waals surface area contributed by atoms with Crippen LogP contribution in [0.15, 0.2) is 0 Å². The predicted octanol–water partition coefficient (Wildman–Crippen LogP) is 2.16. The van der Waals surface area contributed by atoms with Gasteiger partial charge in [0.05, 0.1) is 0 Å². The van der Waals surface area contributed by atoms with Crippen LogP contribution in [0.25, 0.3) is 0 Å². The van der Waals surface area contributed by atoms with Crippen molar-refractivity contribution < 1.29 is 0 Å². The van der Waals surface area contributed by atoms with Crippen LogP contribution in [0.3, 0.4) is 0 Å². The minimum absolute atomic E-state index is 0.540. The predicted molar refractivity (Wildman–Crippen MR) is 47.2 cm³/mol. The monoisotopic (exact) mass is 153 g/mol. The molecule has 0 aliphatic heterocycles. The Labute approximate surface area is 69.4 Å². The first kappa shape index (κ1) is 7.60. The molecule has 1 nitrogen and oxygen atoms in total. The van der Waals surface area contributed by atoms with Crippen molar-refractivity contribution in [3.05, 3.63) is 0 Å². The lowest BCUT2D eigenvalue weighted by Crippen LogP contribution is -2.35. The molecule has 0 aromatic carbocycles. The summed E-state index contributed by atoms with van der Waals surface area (Å²) in [7, 11) is 0. The highest BCUT2D eigenvalue weighted by molar-refractivity contribution is 4.88. The molecule has 1 heteroatoms. The van der Waals surface area contributed by atoms with Crippen LogP contribution in [-0.2, 0) is 0 Å². The van der Waals surface area contributed by atoms with Gasteiger partial charge < -0.3 is 5.73 Å². The van der Waals surface area contributed by atoms with Crippen LogP contribution in [0.1, 0.15) is 39.0 Å². The summed E-state index contributed by atoms with van der Waals surface area (Å²) in [6, 6.07) is 0.540. The topological polar surface area (TPSA) is 26.0 Å². The number of rotatable bonds is 0. The van der Waals surface area contributed by atoms with Gasteiger partial charge in [0.25, 0.3) is 0 Å². The van der Waals surface area contributed by atoms with Gasteiger partial charge in [-0.25, -0.2) is 0 Å². The molecular formula is C10H19N. The maximum absolute atomic E-state index is 6.08. The number of hydrogen-bond donors (Lipinski definition) is 1. The largest absolute Gasteiger partial charge is 0.327 e. The van der Waals surface area contributed by atoms with E-state index in [9.17, 15) is 0 Å². The van der Waals surface area contributed by atoms with E-state index in [1.54, 1.807) is 0 Å². The van der Waals surface area contributed by atoms with Gasteiger partial charge in [-0.2, -0.15) is 0 Å². The SMILES string of the molecule is CC1CCC2CCC1CC2N. The Morgan fingerprint density at radius 1 is 1.00 bits per heavy atom. The van der Waals surface area contributed by atoms with Crippen molar-refractivity contribution in [1.82, 2.24) is 0 Å². The van der Waals surface area contributed by atoms with E-state index >= 15 is 0 Å². The molecule has 3 saturated carbocycles. The van der Waals surface area contributed by atoms with E-state index in [0.29, 0.717) is 6.04 Å². The fourth-order valence-corrected chi connectivity index (χ4v) is 2.89. The zero-order chi connectivity index (χ0) is 7.84. The molecule has 2 N–H and O–H groups in total. The molecule has 0 radical (unpaired) electrons. The van der Waals surface area contributed by atoms with Crippen LogP contribution in [0, 0.1) is 17.8 Å². The summed E-state index contributed by atoms with van der Waals surface area (Å²) in [6.07, 6.45) is 7.02. The maximum atomic E-state index is 6.08. The fourth-order valence-electron chi connectivity index (χ4n) is 2.89. The minimum Gasteiger partial charge on any atom is -0.327 e. The molecule has 0 amide bonds. The highest BCUT2D eigenvalue weighted by Gasteiger charge is 2.34. The van der Waals surface area contributed by atoms with Gasteiger partial charge in [-0.05, 0) is 43.4 Å². The molecule has 2 bridgehead atoms. The van der Waals surface area contributed by atoms with Crippen LogP contribution in [0.4, 0.5) is 0 Å². The van der Waals surface area contributed by atoms with Gasteiger partial charge in [-0.15, -0.1) is 0 Å². The quantitative estimate of drug-likeness (QED) is 0.567. The second-order valence-electron chi connectivity index (χ2n) is 4.55. The Bertz CT molecular complexity index is 144. The minimum atomic E-state index is 0.540. The number of fused-ring (bicyclic) bond motifs is 4. The van der Waals surface area contributed by atoms with Crippen molar-refractivity contribution in [2.75, 3.05) is 0 Å². The maximum Gasteiger partial charge on any atom is 0.00699 e. The molecule has 3 fully saturated rings. The fraction of sp³-hybridized carbons (Fsp3) is 1.00. The van der Waals surface area contributed by atoms with Crippen LogP contribution in [-0.4, -0.2) is 6.04 Å². The number of nitrogens with two attached hydrogens (primary N) is 1. The standard InChI is InChI=1S/C10H19N/c1-7-2-3-8-4-5-9(7)6-10(8)11/h7-10H,2-6,11H2,1H3. The molecule has 0 heterocycles. The molecule has 3 rings (SSSR count). The molecule has 64 valence electrons. The lowest BCUT2D eigenvalue weighted by molar-refractivity contribution is 0.237. The van der Waals surface area contributed by atoms with Crippen molar-refractivity contribution in [2.24, 2.45) is 23.5 Å². The molecule has 3 aliphatic rings. The highest BCUT2D eigenvalue weighted by Crippen LogP contribution is 2.41. The van der Waals surface area contributed by atoms with Gasteiger partial charge in [0.1, 0.15) is 0 Å². The van der Waals surface area contributed by atoms with Gasteiger partial charge in [0, 0.05) is 6.04 Å². The third-order valence-corrected chi connectivity index (χ3v) is 3.89. The van der Waals surface area contributed by atoms with E-state index in [1.165, 1.54) is 32.1 Å². The Morgan fingerprint density at radius 3 is 2.36 bits per heavy atom. The Balaban J connectivity index is 2.11. The van der Waals surface area contributed by atoms with Crippen molar-refractivity contribution in [2.45, 2.75) is 45.1 Å². The van der Waals surface area contributed by atoms with Crippen molar-refractivity contribution in [3.8, 4) is 0 Å². The van der Waals surface area contributed by atoms with Crippen molar-refractivity contribution in [1.29, 1.82) is 0 Å². The van der Waals surface area contributed by atoms with Crippen LogP contribution in [0.2, 0.25) is 0 Å². The van der Waals surface area contributed by atoms with Crippen molar-refractivity contribution in [3.63, 3.8) is 0 Å². The molecule has 3 aliphatic carbocycles. The average Bonchev–Trinajstić information content (AvgIpc) is 2.22. The lowest BCUT2D eigenvalue weighted by Gasteiger charge is -2.31. The van der Waals surface area contributed by atoms with Crippen LogP contribution >= 0.6 is 0 Å². The Morgan fingerprint density at radius 2 is 1.64 bits per heavy atom. The summed E-state index contributed by atoms with van der Waals surface area (Å²) in [5, 5.41) is 0. The zero-order valence-corrected chi connectivity index (χ0v) is 7.42. The molecule has 11 heavy (non-hydrogen) atoms. The van der Waals surface area contributed by atoms with Crippen molar-refractivity contribution >= 4 is 0 Å². The van der Waals surface area contributed by atoms with E-state index in [-0.39, 0.29) is 0 Å². The molecule has 0 saturated heterocycles. The first-order valence-corrected chi connectivity index (χ1v) is 5.03. The number of hydrogen-bond acceptors (Lipinski definition) is 1. The summed E-state index contributed by atoms with van der Waals surface area (Å²) in [5.41, 5.74) is 6.08. The molecule has 0 spiro atoms. The summed E-state index contributed by atoms with van der Waals surface area (Å²) < 4.78 is 0. The first-order chi connectivity index (χ1) is 5.27. The zero-order valence-electron chi connectivity index (χ0n) is 7.42. The second-order valence-corrected chi connectivity index (χ2v) is 4.55. The van der Waals surface area contributed by atoms with Gasteiger partial charge in [0.15, 0.2) is 0 Å². The van der Waals surface area contributed by atoms with Crippen LogP contribution in [0.5, 0.6) is 0 Å². The Kier molecular flexibility index (Phi) is 1.92. The van der Waals surface area contributed by atoms with E-state index in [2.05, 4.69) is 6.92 Å². The van der Waals surface area contributed by atoms with E-state index in [1.807, 2.05) is 0 Å². The lowest BCUT2D eigenvalue weighted by atomic mass is 9.78. The molecule has 0 aromatic heterocycles. The Hall–Kier alpha value is -0.0400. The highest BCUT2D eigenvalue weighted by atomic mass is 14.7. The molecule has 0 aromatic rings. The second kappa shape index (κ2) is 2.78. The third kappa shape index (κ3) is 1.31. The van der Waals surface area contributed by atoms with Gasteiger partial charge in [-0.3, -0.25) is 0 Å². The van der Waals surface area contributed by atoms with E-state index < -0.39 is 0 Å². The molecule has 4 unspecified atom stereocenters. The summed E-state index contributed by atoms with van der Waals surface area (Å²) >= 11 is 0. The van der Waals surface area contributed by atoms with Gasteiger partial charge in [0.2, 0.25) is 0 Å². The average molecular weight is 153 g/mol. The molecule has 4 atom stereocenters. The smallest absolute Gasteiger partial charge is 0.00699 e. The van der Waals surface area contributed by atoms with E-state index in [4.69, 9.17) is 5.73 Å².